The van der Waals surface area contributed by atoms with Gasteiger partial charge in [0.25, 0.3) is 5.56 Å². The van der Waals surface area contributed by atoms with Crippen molar-refractivity contribution in [2.45, 2.75) is 6.54 Å². The third-order valence-corrected chi connectivity index (χ3v) is 5.79. The van der Waals surface area contributed by atoms with E-state index in [0.29, 0.717) is 26.4 Å². The van der Waals surface area contributed by atoms with Gasteiger partial charge in [0.15, 0.2) is 16.3 Å². The molecule has 0 bridgehead atoms. The smallest absolute Gasteiger partial charge is 0.315 e. The standard InChI is InChI=1S/C18H14Cl2N6O3S/c1-24-15-14(16(28)25(2)18(24)29)26(8-21-15)6-13(27)23-17-22-12(7-30-17)10-4-3-9(19)5-11(10)20/h3-5,7-8H,6H2,1-2H3,(H,22,23,27). The summed E-state index contributed by atoms with van der Waals surface area (Å²) in [5.41, 5.74) is 0.676. The summed E-state index contributed by atoms with van der Waals surface area (Å²) < 4.78 is 3.63. The molecule has 3 aromatic heterocycles. The zero-order chi connectivity index (χ0) is 21.6. The molecule has 3 heterocycles. The van der Waals surface area contributed by atoms with E-state index in [2.05, 4.69) is 15.3 Å². The molecule has 0 fully saturated rings. The minimum absolute atomic E-state index is 0.166. The molecule has 0 saturated carbocycles. The molecular weight excluding hydrogens is 451 g/mol. The Bertz CT molecular complexity index is 1420. The van der Waals surface area contributed by atoms with Crippen molar-refractivity contribution in [1.29, 1.82) is 0 Å². The molecule has 0 atom stereocenters. The second-order valence-corrected chi connectivity index (χ2v) is 8.16. The van der Waals surface area contributed by atoms with Crippen LogP contribution in [0, 0.1) is 0 Å². The van der Waals surface area contributed by atoms with Crippen LogP contribution in [-0.2, 0) is 25.4 Å². The molecule has 4 aromatic rings. The van der Waals surface area contributed by atoms with Crippen molar-refractivity contribution in [3.05, 3.63) is 60.8 Å². The number of benzene rings is 1. The Morgan fingerprint density at radius 3 is 2.70 bits per heavy atom. The molecule has 0 unspecified atom stereocenters. The number of halogens is 2. The van der Waals surface area contributed by atoms with E-state index in [-0.39, 0.29) is 17.7 Å². The number of aromatic nitrogens is 5. The van der Waals surface area contributed by atoms with Gasteiger partial charge in [-0.1, -0.05) is 23.2 Å². The Kier molecular flexibility index (Phi) is 5.22. The second-order valence-electron chi connectivity index (χ2n) is 6.46. The van der Waals surface area contributed by atoms with Gasteiger partial charge < -0.3 is 9.88 Å². The highest BCUT2D eigenvalue weighted by atomic mass is 35.5. The third-order valence-electron chi connectivity index (χ3n) is 4.49. The van der Waals surface area contributed by atoms with Gasteiger partial charge in [-0.15, -0.1) is 11.3 Å². The van der Waals surface area contributed by atoms with Crippen molar-refractivity contribution in [2.75, 3.05) is 5.32 Å². The summed E-state index contributed by atoms with van der Waals surface area (Å²) in [6.07, 6.45) is 1.35. The van der Waals surface area contributed by atoms with E-state index in [1.54, 1.807) is 23.6 Å². The van der Waals surface area contributed by atoms with Crippen LogP contribution in [0.25, 0.3) is 22.4 Å². The van der Waals surface area contributed by atoms with Crippen LogP contribution in [0.1, 0.15) is 0 Å². The zero-order valence-electron chi connectivity index (χ0n) is 15.7. The largest absolute Gasteiger partial charge is 0.332 e. The highest BCUT2D eigenvalue weighted by Crippen LogP contribution is 2.32. The van der Waals surface area contributed by atoms with Gasteiger partial charge in [-0.2, -0.15) is 0 Å². The van der Waals surface area contributed by atoms with Gasteiger partial charge in [0.05, 0.1) is 17.0 Å². The number of carbonyl (C=O) groups excluding carboxylic acids is 1. The van der Waals surface area contributed by atoms with Crippen molar-refractivity contribution >= 4 is 56.7 Å². The number of thiazole rings is 1. The summed E-state index contributed by atoms with van der Waals surface area (Å²) in [4.78, 5) is 45.5. The monoisotopic (exact) mass is 464 g/mol. The molecule has 1 N–H and O–H groups in total. The van der Waals surface area contributed by atoms with E-state index in [4.69, 9.17) is 23.2 Å². The maximum absolute atomic E-state index is 12.5. The molecule has 9 nitrogen and oxygen atoms in total. The summed E-state index contributed by atoms with van der Waals surface area (Å²) in [7, 11) is 2.89. The summed E-state index contributed by atoms with van der Waals surface area (Å²) in [5.74, 6) is -0.395. The second kappa shape index (κ2) is 7.71. The molecule has 0 aliphatic rings. The van der Waals surface area contributed by atoms with Crippen molar-refractivity contribution in [1.82, 2.24) is 23.7 Å². The lowest BCUT2D eigenvalue weighted by atomic mass is 10.2. The van der Waals surface area contributed by atoms with Crippen LogP contribution in [0.3, 0.4) is 0 Å². The molecule has 154 valence electrons. The molecule has 0 aliphatic carbocycles. The van der Waals surface area contributed by atoms with Crippen LogP contribution >= 0.6 is 34.5 Å². The van der Waals surface area contributed by atoms with Gasteiger partial charge in [-0.3, -0.25) is 18.7 Å². The number of fused-ring (bicyclic) bond motifs is 1. The Morgan fingerprint density at radius 2 is 1.97 bits per heavy atom. The van der Waals surface area contributed by atoms with Crippen molar-refractivity contribution in [2.24, 2.45) is 14.1 Å². The van der Waals surface area contributed by atoms with Crippen LogP contribution in [-0.4, -0.2) is 29.6 Å². The average Bonchev–Trinajstić information content (AvgIpc) is 3.32. The summed E-state index contributed by atoms with van der Waals surface area (Å²) in [5, 5.41) is 5.82. The molecular formula is C18H14Cl2N6O3S. The van der Waals surface area contributed by atoms with Crippen molar-refractivity contribution in [3.63, 3.8) is 0 Å². The average molecular weight is 465 g/mol. The van der Waals surface area contributed by atoms with Gasteiger partial charge in [0.1, 0.15) is 6.54 Å². The molecule has 1 aromatic carbocycles. The lowest BCUT2D eigenvalue weighted by molar-refractivity contribution is -0.116. The van der Waals surface area contributed by atoms with Gasteiger partial charge in [-0.05, 0) is 18.2 Å². The number of nitrogens with zero attached hydrogens (tertiary/aromatic N) is 5. The van der Waals surface area contributed by atoms with Crippen LogP contribution < -0.4 is 16.6 Å². The first-order valence-corrected chi connectivity index (χ1v) is 10.2. The Balaban J connectivity index is 1.57. The Morgan fingerprint density at radius 1 is 1.20 bits per heavy atom. The van der Waals surface area contributed by atoms with Crippen molar-refractivity contribution in [3.8, 4) is 11.3 Å². The topological polar surface area (TPSA) is 104 Å². The van der Waals surface area contributed by atoms with E-state index in [1.165, 1.54) is 40.9 Å². The quantitative estimate of drug-likeness (QED) is 0.499. The number of hydrogen-bond donors (Lipinski definition) is 1. The Labute approximate surface area is 183 Å². The molecule has 0 radical (unpaired) electrons. The van der Waals surface area contributed by atoms with Crippen LogP contribution in [0.2, 0.25) is 10.0 Å². The van der Waals surface area contributed by atoms with Crippen LogP contribution in [0.4, 0.5) is 5.13 Å². The van der Waals surface area contributed by atoms with Crippen LogP contribution in [0.5, 0.6) is 0 Å². The predicted octanol–water partition coefficient (Wildman–Crippen LogP) is 2.50. The SMILES string of the molecule is Cn1c(=O)c2c(ncn2CC(=O)Nc2nc(-c3ccc(Cl)cc3Cl)cs2)n(C)c1=O. The van der Waals surface area contributed by atoms with E-state index in [1.807, 2.05) is 0 Å². The van der Waals surface area contributed by atoms with E-state index in [0.717, 1.165) is 4.57 Å². The molecule has 0 saturated heterocycles. The minimum atomic E-state index is -0.521. The fourth-order valence-electron chi connectivity index (χ4n) is 2.98. The number of nitrogens with one attached hydrogen (secondary N) is 1. The number of imidazole rings is 1. The highest BCUT2D eigenvalue weighted by Gasteiger charge is 2.17. The molecule has 0 spiro atoms. The van der Waals surface area contributed by atoms with Crippen LogP contribution in [0.15, 0.2) is 39.5 Å². The maximum Gasteiger partial charge on any atom is 0.332 e. The number of hydrogen-bond acceptors (Lipinski definition) is 6. The first-order valence-electron chi connectivity index (χ1n) is 8.58. The molecule has 1 amide bonds. The van der Waals surface area contributed by atoms with E-state index in [9.17, 15) is 14.4 Å². The number of rotatable bonds is 4. The number of anilines is 1. The fourth-order valence-corrected chi connectivity index (χ4v) is 4.21. The predicted molar refractivity (Wildman–Crippen MR) is 116 cm³/mol. The zero-order valence-corrected chi connectivity index (χ0v) is 18.0. The number of amides is 1. The fraction of sp³-hybridized carbons (Fsp3) is 0.167. The lowest BCUT2D eigenvalue weighted by Gasteiger charge is -2.06. The molecule has 30 heavy (non-hydrogen) atoms. The maximum atomic E-state index is 12.5. The van der Waals surface area contributed by atoms with Gasteiger partial charge in [0, 0.05) is 30.1 Å². The Hall–Kier alpha value is -2.95. The first-order chi connectivity index (χ1) is 14.3. The molecule has 12 heteroatoms. The van der Waals surface area contributed by atoms with E-state index < -0.39 is 17.2 Å². The van der Waals surface area contributed by atoms with Gasteiger partial charge in [0.2, 0.25) is 5.91 Å². The molecule has 4 rings (SSSR count). The lowest BCUT2D eigenvalue weighted by Crippen LogP contribution is -2.37. The normalized spacial score (nSPS) is 11.2. The summed E-state index contributed by atoms with van der Waals surface area (Å²) in [6.45, 7) is -0.166. The highest BCUT2D eigenvalue weighted by molar-refractivity contribution is 7.14. The van der Waals surface area contributed by atoms with Gasteiger partial charge in [-0.25, -0.2) is 14.8 Å². The number of aryl methyl sites for hydroxylation is 1. The minimum Gasteiger partial charge on any atom is -0.315 e. The van der Waals surface area contributed by atoms with E-state index >= 15 is 0 Å². The summed E-state index contributed by atoms with van der Waals surface area (Å²) in [6, 6.07) is 5.08. The van der Waals surface area contributed by atoms with Crippen molar-refractivity contribution < 1.29 is 4.79 Å². The van der Waals surface area contributed by atoms with Gasteiger partial charge >= 0.3 is 5.69 Å². The number of carbonyl (C=O) groups is 1. The molecule has 0 aliphatic heterocycles. The third kappa shape index (κ3) is 3.53. The first kappa shape index (κ1) is 20.3. The summed E-state index contributed by atoms with van der Waals surface area (Å²) >= 11 is 13.4.